The lowest BCUT2D eigenvalue weighted by molar-refractivity contribution is 0.0264. The smallest absolute Gasteiger partial charge is 0.255 e. The van der Waals surface area contributed by atoms with E-state index < -0.39 is 0 Å². The first-order valence-electron chi connectivity index (χ1n) is 7.91. The fourth-order valence-electron chi connectivity index (χ4n) is 3.02. The Kier molecular flexibility index (Phi) is 3.85. The van der Waals surface area contributed by atoms with Gasteiger partial charge < -0.3 is 19.0 Å². The molecule has 1 aliphatic heterocycles. The molecule has 4 rings (SSSR count). The molecular formula is C17H19N3O3. The molecule has 1 aromatic carbocycles. The van der Waals surface area contributed by atoms with Crippen LogP contribution in [-0.4, -0.2) is 22.8 Å². The van der Waals surface area contributed by atoms with Crippen molar-refractivity contribution in [3.63, 3.8) is 0 Å². The highest BCUT2D eigenvalue weighted by Gasteiger charge is 2.30. The minimum Gasteiger partial charge on any atom is -0.464 e. The molecule has 3 heterocycles. The number of benzene rings is 1. The zero-order chi connectivity index (χ0) is 15.6. The van der Waals surface area contributed by atoms with Gasteiger partial charge in [0.25, 0.3) is 5.89 Å². The van der Waals surface area contributed by atoms with Crippen LogP contribution in [0.5, 0.6) is 0 Å². The summed E-state index contributed by atoms with van der Waals surface area (Å²) < 4.78 is 16.7. The molecule has 0 aliphatic carbocycles. The van der Waals surface area contributed by atoms with E-state index in [-0.39, 0.29) is 12.2 Å². The monoisotopic (exact) mass is 313 g/mol. The van der Waals surface area contributed by atoms with Crippen LogP contribution < -0.4 is 5.32 Å². The molecule has 0 saturated carbocycles. The van der Waals surface area contributed by atoms with Gasteiger partial charge in [-0.05, 0) is 25.8 Å². The summed E-state index contributed by atoms with van der Waals surface area (Å²) in [7, 11) is 0. The number of ether oxygens (including phenoxy) is 1. The van der Waals surface area contributed by atoms with Gasteiger partial charge in [-0.3, -0.25) is 0 Å². The van der Waals surface area contributed by atoms with Crippen molar-refractivity contribution in [2.24, 2.45) is 0 Å². The molecule has 1 aliphatic rings. The highest BCUT2D eigenvalue weighted by molar-refractivity contribution is 5.80. The molecule has 1 N–H and O–H groups in total. The molecule has 6 nitrogen and oxygen atoms in total. The van der Waals surface area contributed by atoms with Crippen LogP contribution in [0, 0.1) is 6.92 Å². The third kappa shape index (κ3) is 3.00. The average Bonchev–Trinajstić information content (AvgIpc) is 3.27. The van der Waals surface area contributed by atoms with Crippen LogP contribution in [0.15, 0.2) is 39.5 Å². The highest BCUT2D eigenvalue weighted by atomic mass is 16.5. The number of para-hydroxylation sites is 1. The lowest BCUT2D eigenvalue weighted by Crippen LogP contribution is -2.26. The van der Waals surface area contributed by atoms with Gasteiger partial charge >= 0.3 is 0 Å². The van der Waals surface area contributed by atoms with Crippen molar-refractivity contribution in [3.05, 3.63) is 47.8 Å². The fourth-order valence-corrected chi connectivity index (χ4v) is 3.02. The van der Waals surface area contributed by atoms with Crippen LogP contribution in [0.3, 0.4) is 0 Å². The number of furan rings is 1. The van der Waals surface area contributed by atoms with Gasteiger partial charge in [0, 0.05) is 24.0 Å². The van der Waals surface area contributed by atoms with Gasteiger partial charge in [-0.15, -0.1) is 0 Å². The standard InChI is InChI=1S/C17H19N3O3/c1-11-19-17(23-20-11)16-7-6-13(22-16)9-18-8-12-10-21-15-5-3-2-4-14(12)15/h2-5,10,13,16,18H,6-9H2,1H3/t13-,16+/m1/s1. The van der Waals surface area contributed by atoms with Crippen LogP contribution >= 0.6 is 0 Å². The maximum Gasteiger partial charge on any atom is 0.255 e. The molecule has 0 unspecified atom stereocenters. The summed E-state index contributed by atoms with van der Waals surface area (Å²) in [5, 5.41) is 8.43. The summed E-state index contributed by atoms with van der Waals surface area (Å²) in [6.45, 7) is 3.38. The molecule has 2 atom stereocenters. The number of aromatic nitrogens is 2. The van der Waals surface area contributed by atoms with Crippen LogP contribution in [0.1, 0.15) is 36.2 Å². The van der Waals surface area contributed by atoms with E-state index >= 15 is 0 Å². The Labute approximate surface area is 133 Å². The number of rotatable bonds is 5. The molecule has 0 bridgehead atoms. The van der Waals surface area contributed by atoms with E-state index in [1.807, 2.05) is 31.4 Å². The van der Waals surface area contributed by atoms with Crippen LogP contribution in [0.4, 0.5) is 0 Å². The molecule has 0 radical (unpaired) electrons. The molecular weight excluding hydrogens is 294 g/mol. The first kappa shape index (κ1) is 14.4. The van der Waals surface area contributed by atoms with Gasteiger partial charge in [-0.25, -0.2) is 0 Å². The lowest BCUT2D eigenvalue weighted by atomic mass is 10.1. The van der Waals surface area contributed by atoms with Crippen LogP contribution in [0.25, 0.3) is 11.0 Å². The molecule has 1 fully saturated rings. The number of aryl methyl sites for hydroxylation is 1. The first-order valence-corrected chi connectivity index (χ1v) is 7.91. The molecule has 0 spiro atoms. The van der Waals surface area contributed by atoms with Crippen molar-refractivity contribution in [1.29, 1.82) is 0 Å². The van der Waals surface area contributed by atoms with Gasteiger partial charge in [0.2, 0.25) is 0 Å². The summed E-state index contributed by atoms with van der Waals surface area (Å²) in [4.78, 5) is 4.25. The Morgan fingerprint density at radius 3 is 3.04 bits per heavy atom. The molecule has 6 heteroatoms. The third-order valence-electron chi connectivity index (χ3n) is 4.17. The number of nitrogens with zero attached hydrogens (tertiary/aromatic N) is 2. The largest absolute Gasteiger partial charge is 0.464 e. The van der Waals surface area contributed by atoms with E-state index in [9.17, 15) is 0 Å². The molecule has 1 saturated heterocycles. The normalized spacial score (nSPS) is 21.3. The molecule has 23 heavy (non-hydrogen) atoms. The van der Waals surface area contributed by atoms with Crippen molar-refractivity contribution in [1.82, 2.24) is 15.5 Å². The van der Waals surface area contributed by atoms with E-state index in [2.05, 4.69) is 21.5 Å². The minimum atomic E-state index is -0.0715. The average molecular weight is 313 g/mol. The van der Waals surface area contributed by atoms with E-state index in [0.29, 0.717) is 11.7 Å². The Morgan fingerprint density at radius 2 is 2.17 bits per heavy atom. The lowest BCUT2D eigenvalue weighted by Gasteiger charge is -2.12. The second-order valence-electron chi connectivity index (χ2n) is 5.89. The summed E-state index contributed by atoms with van der Waals surface area (Å²) in [5.41, 5.74) is 2.09. The summed E-state index contributed by atoms with van der Waals surface area (Å²) in [6.07, 6.45) is 3.83. The SMILES string of the molecule is Cc1noc([C@@H]2CC[C@H](CNCc3coc4ccccc34)O2)n1. The van der Waals surface area contributed by atoms with Gasteiger partial charge in [0.1, 0.15) is 11.7 Å². The minimum absolute atomic E-state index is 0.0715. The van der Waals surface area contributed by atoms with E-state index in [4.69, 9.17) is 13.7 Å². The topological polar surface area (TPSA) is 73.3 Å². The number of fused-ring (bicyclic) bond motifs is 1. The Bertz CT molecular complexity index is 795. The van der Waals surface area contributed by atoms with Crippen molar-refractivity contribution in [2.75, 3.05) is 6.54 Å². The Balaban J connectivity index is 1.30. The number of hydrogen-bond donors (Lipinski definition) is 1. The number of hydrogen-bond acceptors (Lipinski definition) is 6. The quantitative estimate of drug-likeness (QED) is 0.780. The Morgan fingerprint density at radius 1 is 1.26 bits per heavy atom. The van der Waals surface area contributed by atoms with Gasteiger partial charge in [0.15, 0.2) is 5.82 Å². The maximum atomic E-state index is 5.99. The van der Waals surface area contributed by atoms with E-state index in [1.54, 1.807) is 0 Å². The molecule has 120 valence electrons. The van der Waals surface area contributed by atoms with Crippen molar-refractivity contribution in [3.8, 4) is 0 Å². The zero-order valence-electron chi connectivity index (χ0n) is 13.0. The van der Waals surface area contributed by atoms with Crippen molar-refractivity contribution < 1.29 is 13.7 Å². The number of nitrogens with one attached hydrogen (secondary N) is 1. The summed E-state index contributed by atoms with van der Waals surface area (Å²) in [6, 6.07) is 8.07. The van der Waals surface area contributed by atoms with Gasteiger partial charge in [-0.2, -0.15) is 4.98 Å². The van der Waals surface area contributed by atoms with Crippen molar-refractivity contribution in [2.45, 2.75) is 38.5 Å². The predicted molar refractivity (Wildman–Crippen MR) is 83.8 cm³/mol. The first-order chi connectivity index (χ1) is 11.3. The van der Waals surface area contributed by atoms with E-state index in [1.165, 1.54) is 5.56 Å². The summed E-state index contributed by atoms with van der Waals surface area (Å²) >= 11 is 0. The zero-order valence-corrected chi connectivity index (χ0v) is 13.0. The second-order valence-corrected chi connectivity index (χ2v) is 5.89. The third-order valence-corrected chi connectivity index (χ3v) is 4.17. The second kappa shape index (κ2) is 6.14. The van der Waals surface area contributed by atoms with Crippen molar-refractivity contribution >= 4 is 11.0 Å². The van der Waals surface area contributed by atoms with E-state index in [0.717, 1.165) is 36.9 Å². The maximum absolute atomic E-state index is 5.99. The summed E-state index contributed by atoms with van der Waals surface area (Å²) in [5.74, 6) is 1.24. The highest BCUT2D eigenvalue weighted by Crippen LogP contribution is 2.31. The van der Waals surface area contributed by atoms with Crippen LogP contribution in [-0.2, 0) is 11.3 Å². The molecule has 3 aromatic rings. The van der Waals surface area contributed by atoms with Gasteiger partial charge in [-0.1, -0.05) is 23.4 Å². The Hall–Kier alpha value is -2.18. The van der Waals surface area contributed by atoms with Crippen LogP contribution in [0.2, 0.25) is 0 Å². The molecule has 2 aromatic heterocycles. The molecule has 0 amide bonds. The predicted octanol–water partition coefficient (Wildman–Crippen LogP) is 3.13. The fraction of sp³-hybridized carbons (Fsp3) is 0.412. The van der Waals surface area contributed by atoms with Gasteiger partial charge in [0.05, 0.1) is 12.4 Å².